The van der Waals surface area contributed by atoms with Crippen molar-refractivity contribution in [2.75, 3.05) is 6.54 Å². The fourth-order valence-corrected chi connectivity index (χ4v) is 1.77. The molecule has 0 heterocycles. The van der Waals surface area contributed by atoms with Gasteiger partial charge >= 0.3 is 11.9 Å². The van der Waals surface area contributed by atoms with Crippen LogP contribution in [0.5, 0.6) is 0 Å². The summed E-state index contributed by atoms with van der Waals surface area (Å²) in [6.45, 7) is 6.77. The molecule has 0 spiro atoms. The van der Waals surface area contributed by atoms with Crippen LogP contribution in [-0.2, 0) is 14.4 Å². The van der Waals surface area contributed by atoms with E-state index in [2.05, 4.69) is 0 Å². The first kappa shape index (κ1) is 17.4. The smallest absolute Gasteiger partial charge is 0.326 e. The quantitative estimate of drug-likeness (QED) is 0.698. The molecule has 0 radical (unpaired) electrons. The van der Waals surface area contributed by atoms with Crippen molar-refractivity contribution in [3.05, 3.63) is 0 Å². The van der Waals surface area contributed by atoms with E-state index in [1.165, 1.54) is 11.8 Å². The van der Waals surface area contributed by atoms with E-state index in [4.69, 9.17) is 10.2 Å². The molecule has 110 valence electrons. The molecule has 1 amide bonds. The Morgan fingerprint density at radius 2 is 1.58 bits per heavy atom. The number of carbonyl (C=O) groups excluding carboxylic acids is 1. The van der Waals surface area contributed by atoms with Crippen LogP contribution in [0, 0.1) is 11.8 Å². The average Bonchev–Trinajstić information content (AvgIpc) is 2.26. The van der Waals surface area contributed by atoms with Gasteiger partial charge in [0.05, 0.1) is 5.92 Å². The SMILES string of the molecule is CCC(C(=O)O)N(CC(C)C(=O)O)C(=O)CC(C)C. The molecule has 2 N–H and O–H groups in total. The molecule has 2 unspecified atom stereocenters. The minimum Gasteiger partial charge on any atom is -0.481 e. The van der Waals surface area contributed by atoms with Crippen molar-refractivity contribution in [3.63, 3.8) is 0 Å². The summed E-state index contributed by atoms with van der Waals surface area (Å²) in [6, 6.07) is -0.965. The lowest BCUT2D eigenvalue weighted by molar-refractivity contribution is -0.153. The van der Waals surface area contributed by atoms with Crippen molar-refractivity contribution in [2.24, 2.45) is 11.8 Å². The van der Waals surface area contributed by atoms with Crippen LogP contribution < -0.4 is 0 Å². The molecular weight excluding hydrogens is 250 g/mol. The van der Waals surface area contributed by atoms with Crippen LogP contribution in [0.3, 0.4) is 0 Å². The summed E-state index contributed by atoms with van der Waals surface area (Å²) in [5.41, 5.74) is 0. The third-order valence-corrected chi connectivity index (χ3v) is 2.84. The van der Waals surface area contributed by atoms with Crippen molar-refractivity contribution in [1.82, 2.24) is 4.90 Å². The van der Waals surface area contributed by atoms with Gasteiger partial charge in [0.25, 0.3) is 0 Å². The van der Waals surface area contributed by atoms with E-state index in [-0.39, 0.29) is 31.2 Å². The summed E-state index contributed by atoms with van der Waals surface area (Å²) in [4.78, 5) is 35.3. The lowest BCUT2D eigenvalue weighted by Crippen LogP contribution is -2.48. The van der Waals surface area contributed by atoms with E-state index < -0.39 is 23.9 Å². The van der Waals surface area contributed by atoms with Gasteiger partial charge in [-0.15, -0.1) is 0 Å². The predicted molar refractivity (Wildman–Crippen MR) is 69.7 cm³/mol. The number of hydrogen-bond donors (Lipinski definition) is 2. The van der Waals surface area contributed by atoms with Crippen LogP contribution in [0.25, 0.3) is 0 Å². The fraction of sp³-hybridized carbons (Fsp3) is 0.769. The zero-order chi connectivity index (χ0) is 15.2. The highest BCUT2D eigenvalue weighted by atomic mass is 16.4. The first-order valence-electron chi connectivity index (χ1n) is 6.45. The fourth-order valence-electron chi connectivity index (χ4n) is 1.77. The summed E-state index contributed by atoms with van der Waals surface area (Å²) in [7, 11) is 0. The van der Waals surface area contributed by atoms with Crippen LogP contribution in [0.2, 0.25) is 0 Å². The van der Waals surface area contributed by atoms with Gasteiger partial charge in [0, 0.05) is 13.0 Å². The maximum absolute atomic E-state index is 12.1. The first-order valence-corrected chi connectivity index (χ1v) is 6.45. The van der Waals surface area contributed by atoms with Crippen LogP contribution in [-0.4, -0.2) is 45.5 Å². The number of carbonyl (C=O) groups is 3. The maximum Gasteiger partial charge on any atom is 0.326 e. The summed E-state index contributed by atoms with van der Waals surface area (Å²) >= 11 is 0. The van der Waals surface area contributed by atoms with Crippen molar-refractivity contribution < 1.29 is 24.6 Å². The molecule has 0 aromatic heterocycles. The molecule has 6 nitrogen and oxygen atoms in total. The Labute approximate surface area is 113 Å². The van der Waals surface area contributed by atoms with E-state index in [0.29, 0.717) is 0 Å². The minimum atomic E-state index is -1.10. The van der Waals surface area contributed by atoms with E-state index in [9.17, 15) is 14.4 Å². The molecular formula is C13H23NO5. The van der Waals surface area contributed by atoms with Gasteiger partial charge in [-0.3, -0.25) is 9.59 Å². The normalized spacial score (nSPS) is 13.9. The molecule has 0 fully saturated rings. The molecule has 0 rings (SSSR count). The average molecular weight is 273 g/mol. The molecule has 19 heavy (non-hydrogen) atoms. The third kappa shape index (κ3) is 5.72. The predicted octanol–water partition coefficient (Wildman–Crippen LogP) is 1.44. The maximum atomic E-state index is 12.1. The van der Waals surface area contributed by atoms with Gasteiger partial charge < -0.3 is 15.1 Å². The number of aliphatic carboxylic acids is 2. The molecule has 0 saturated carbocycles. The second kappa shape index (κ2) is 7.76. The highest BCUT2D eigenvalue weighted by Gasteiger charge is 2.30. The largest absolute Gasteiger partial charge is 0.481 e. The monoisotopic (exact) mass is 273 g/mol. The van der Waals surface area contributed by atoms with Gasteiger partial charge in [-0.2, -0.15) is 0 Å². The standard InChI is InChI=1S/C13H23NO5/c1-5-10(13(18)19)14(7-9(4)12(16)17)11(15)6-8(2)3/h8-10H,5-7H2,1-4H3,(H,16,17)(H,18,19). The third-order valence-electron chi connectivity index (χ3n) is 2.84. The second-order valence-corrected chi connectivity index (χ2v) is 5.15. The summed E-state index contributed by atoms with van der Waals surface area (Å²) in [6.07, 6.45) is 0.474. The summed E-state index contributed by atoms with van der Waals surface area (Å²) in [5, 5.41) is 18.0. The molecule has 0 aliphatic heterocycles. The highest BCUT2D eigenvalue weighted by Crippen LogP contribution is 2.14. The van der Waals surface area contributed by atoms with Crippen LogP contribution >= 0.6 is 0 Å². The summed E-state index contributed by atoms with van der Waals surface area (Å²) < 4.78 is 0. The molecule has 2 atom stereocenters. The van der Waals surface area contributed by atoms with Crippen molar-refractivity contribution in [1.29, 1.82) is 0 Å². The minimum absolute atomic E-state index is 0.0777. The van der Waals surface area contributed by atoms with Crippen molar-refractivity contribution in [2.45, 2.75) is 46.6 Å². The summed E-state index contributed by atoms with van der Waals surface area (Å²) in [5.74, 6) is -3.14. The van der Waals surface area contributed by atoms with Gasteiger partial charge in [0.1, 0.15) is 6.04 Å². The molecule has 0 bridgehead atoms. The zero-order valence-electron chi connectivity index (χ0n) is 11.9. The van der Waals surface area contributed by atoms with Gasteiger partial charge in [-0.1, -0.05) is 27.7 Å². The first-order chi connectivity index (χ1) is 8.70. The van der Waals surface area contributed by atoms with Crippen LogP contribution in [0.15, 0.2) is 0 Å². The van der Waals surface area contributed by atoms with E-state index in [1.807, 2.05) is 13.8 Å². The molecule has 0 aliphatic carbocycles. The van der Waals surface area contributed by atoms with E-state index >= 15 is 0 Å². The molecule has 0 aliphatic rings. The van der Waals surface area contributed by atoms with Crippen molar-refractivity contribution in [3.8, 4) is 0 Å². The Morgan fingerprint density at radius 3 is 1.89 bits per heavy atom. The highest BCUT2D eigenvalue weighted by molar-refractivity contribution is 5.84. The molecule has 0 aromatic carbocycles. The number of carboxylic acids is 2. The molecule has 6 heteroatoms. The zero-order valence-corrected chi connectivity index (χ0v) is 11.9. The second-order valence-electron chi connectivity index (χ2n) is 5.15. The van der Waals surface area contributed by atoms with Gasteiger partial charge in [-0.05, 0) is 12.3 Å². The Morgan fingerprint density at radius 1 is 1.05 bits per heavy atom. The number of hydrogen-bond acceptors (Lipinski definition) is 3. The number of nitrogens with zero attached hydrogens (tertiary/aromatic N) is 1. The van der Waals surface area contributed by atoms with E-state index in [0.717, 1.165) is 0 Å². The van der Waals surface area contributed by atoms with Crippen LogP contribution in [0.1, 0.15) is 40.5 Å². The van der Waals surface area contributed by atoms with Crippen LogP contribution in [0.4, 0.5) is 0 Å². The Balaban J connectivity index is 5.06. The Bertz CT molecular complexity index is 340. The van der Waals surface area contributed by atoms with Gasteiger partial charge in [0.15, 0.2) is 0 Å². The lowest BCUT2D eigenvalue weighted by atomic mass is 10.0. The number of rotatable bonds is 8. The Kier molecular flexibility index (Phi) is 7.11. The van der Waals surface area contributed by atoms with Gasteiger partial charge in [0.2, 0.25) is 5.91 Å². The Hall–Kier alpha value is -1.59. The topological polar surface area (TPSA) is 94.9 Å². The number of amides is 1. The van der Waals surface area contributed by atoms with Gasteiger partial charge in [-0.25, -0.2) is 4.79 Å². The molecule has 0 aromatic rings. The van der Waals surface area contributed by atoms with Crippen molar-refractivity contribution >= 4 is 17.8 Å². The number of carboxylic acid groups (broad SMARTS) is 2. The molecule has 0 saturated heterocycles. The van der Waals surface area contributed by atoms with E-state index in [1.54, 1.807) is 6.92 Å². The lowest BCUT2D eigenvalue weighted by Gasteiger charge is -2.30.